The van der Waals surface area contributed by atoms with Crippen molar-refractivity contribution >= 4 is 11.4 Å². The van der Waals surface area contributed by atoms with Crippen molar-refractivity contribution in [2.75, 3.05) is 49.2 Å². The summed E-state index contributed by atoms with van der Waals surface area (Å²) in [4.78, 5) is 17.6. The Kier molecular flexibility index (Phi) is 10.4. The van der Waals surface area contributed by atoms with E-state index in [4.69, 9.17) is 25.7 Å². The Morgan fingerprint density at radius 2 is 1.65 bits per heavy atom. The SMILES string of the molecule is CCC(C)n1ncn(-c2ccc(N3CCN(c4ccc(OC[C@@H]5CO[C@](CC(/C=C\N)=C/N)(c6cccc(C)c6)O5)cc4)CC3)cc2)c1=O. The zero-order chi connectivity index (χ0) is 34.4. The van der Waals surface area contributed by atoms with Crippen LogP contribution < -0.4 is 31.7 Å². The fraction of sp³-hybridized carbons (Fsp3) is 0.368. The average Bonchev–Trinajstić information content (AvgIpc) is 3.74. The minimum atomic E-state index is -0.977. The standard InChI is InChI=1S/C38H47N7O4/c1-4-29(3)45-37(46)44(27-41-45)34-10-8-32(9-11-34)42-18-20-43(21-19-42)33-12-14-35(15-13-33)47-25-36-26-48-38(49-36,23-30(24-40)16-17-39)31-7-5-6-28(2)22-31/h5-17,22,24,27,29,36H,4,18-21,23,25-26,39-40H2,1-3H3/b17-16-,30-24+/t29?,36-,38+/m1/s1. The topological polar surface area (TPSA) is 126 Å². The van der Waals surface area contributed by atoms with Crippen molar-refractivity contribution in [3.63, 3.8) is 0 Å². The van der Waals surface area contributed by atoms with E-state index in [0.29, 0.717) is 19.6 Å². The van der Waals surface area contributed by atoms with Gasteiger partial charge in [-0.15, -0.1) is 0 Å². The second-order valence-electron chi connectivity index (χ2n) is 12.7. The van der Waals surface area contributed by atoms with E-state index < -0.39 is 5.79 Å². The van der Waals surface area contributed by atoms with Gasteiger partial charge in [-0.1, -0.05) is 36.8 Å². The highest BCUT2D eigenvalue weighted by Gasteiger charge is 2.44. The molecule has 0 saturated carbocycles. The third-order valence-electron chi connectivity index (χ3n) is 9.39. The molecule has 2 fully saturated rings. The van der Waals surface area contributed by atoms with Gasteiger partial charge in [0.2, 0.25) is 0 Å². The van der Waals surface area contributed by atoms with E-state index in [1.165, 1.54) is 12.4 Å². The van der Waals surface area contributed by atoms with Crippen LogP contribution in [0.5, 0.6) is 5.75 Å². The summed E-state index contributed by atoms with van der Waals surface area (Å²) in [7, 11) is 0. The number of nitrogens with zero attached hydrogens (tertiary/aromatic N) is 5. The Morgan fingerprint density at radius 1 is 1.00 bits per heavy atom. The molecule has 2 aliphatic rings. The molecule has 0 amide bonds. The molecule has 11 heteroatoms. The van der Waals surface area contributed by atoms with Gasteiger partial charge in [-0.3, -0.25) is 0 Å². The van der Waals surface area contributed by atoms with Gasteiger partial charge in [0.1, 0.15) is 24.8 Å². The summed E-state index contributed by atoms with van der Waals surface area (Å²) in [6.45, 7) is 10.4. The Morgan fingerprint density at radius 3 is 2.27 bits per heavy atom. The smallest absolute Gasteiger partial charge is 0.350 e. The third-order valence-corrected chi connectivity index (χ3v) is 9.39. The van der Waals surface area contributed by atoms with Gasteiger partial charge in [0.25, 0.3) is 0 Å². The molecule has 258 valence electrons. The Hall–Kier alpha value is -5.00. The van der Waals surface area contributed by atoms with E-state index in [1.807, 2.05) is 56.3 Å². The van der Waals surface area contributed by atoms with Crippen molar-refractivity contribution in [3.05, 3.63) is 125 Å². The number of benzene rings is 3. The molecule has 49 heavy (non-hydrogen) atoms. The number of allylic oxidation sites excluding steroid dienone is 1. The second-order valence-corrected chi connectivity index (χ2v) is 12.7. The first kappa shape index (κ1) is 33.9. The van der Waals surface area contributed by atoms with Gasteiger partial charge in [0, 0.05) is 49.5 Å². The Balaban J connectivity index is 1.02. The van der Waals surface area contributed by atoms with E-state index in [9.17, 15) is 4.79 Å². The zero-order valence-electron chi connectivity index (χ0n) is 28.6. The van der Waals surface area contributed by atoms with E-state index in [1.54, 1.807) is 21.7 Å². The monoisotopic (exact) mass is 665 g/mol. The molecule has 3 atom stereocenters. The van der Waals surface area contributed by atoms with Crippen LogP contribution in [0.15, 0.2) is 108 Å². The largest absolute Gasteiger partial charge is 0.491 e. The minimum absolute atomic E-state index is 0.0686. The number of hydrogen-bond acceptors (Lipinski definition) is 9. The van der Waals surface area contributed by atoms with Crippen LogP contribution in [-0.4, -0.2) is 59.8 Å². The normalized spacial score (nSPS) is 20.6. The number of ether oxygens (including phenoxy) is 3. The Bertz CT molecular complexity index is 1810. The molecular weight excluding hydrogens is 618 g/mol. The minimum Gasteiger partial charge on any atom is -0.491 e. The summed E-state index contributed by atoms with van der Waals surface area (Å²) in [5.74, 6) is -0.197. The average molecular weight is 666 g/mol. The molecule has 2 aliphatic heterocycles. The molecule has 0 bridgehead atoms. The fourth-order valence-electron chi connectivity index (χ4n) is 6.40. The van der Waals surface area contributed by atoms with Gasteiger partial charge in [-0.2, -0.15) is 5.10 Å². The fourth-order valence-corrected chi connectivity index (χ4v) is 6.40. The highest BCUT2D eigenvalue weighted by Crippen LogP contribution is 2.40. The van der Waals surface area contributed by atoms with Crippen molar-refractivity contribution in [1.82, 2.24) is 14.3 Å². The van der Waals surface area contributed by atoms with Crippen LogP contribution in [0.4, 0.5) is 11.4 Å². The first-order valence-electron chi connectivity index (χ1n) is 17.0. The van der Waals surface area contributed by atoms with Crippen LogP contribution in [0.3, 0.4) is 0 Å². The van der Waals surface area contributed by atoms with E-state index in [2.05, 4.69) is 52.2 Å². The highest BCUT2D eigenvalue weighted by atomic mass is 16.8. The van der Waals surface area contributed by atoms with Crippen molar-refractivity contribution in [2.24, 2.45) is 11.5 Å². The van der Waals surface area contributed by atoms with E-state index >= 15 is 0 Å². The predicted octanol–water partition coefficient (Wildman–Crippen LogP) is 4.99. The van der Waals surface area contributed by atoms with Crippen LogP contribution in [-0.2, 0) is 15.3 Å². The summed E-state index contributed by atoms with van der Waals surface area (Å²) >= 11 is 0. The number of piperazine rings is 1. The van der Waals surface area contributed by atoms with Crippen molar-refractivity contribution in [1.29, 1.82) is 0 Å². The number of nitrogens with two attached hydrogens (primary N) is 2. The van der Waals surface area contributed by atoms with Crippen molar-refractivity contribution in [3.8, 4) is 11.4 Å². The maximum atomic E-state index is 12.8. The van der Waals surface area contributed by atoms with Gasteiger partial charge in [0.05, 0.1) is 18.3 Å². The molecule has 1 unspecified atom stereocenters. The van der Waals surface area contributed by atoms with Crippen molar-refractivity contribution in [2.45, 2.75) is 51.5 Å². The zero-order valence-corrected chi connectivity index (χ0v) is 28.6. The molecule has 0 spiro atoms. The van der Waals surface area contributed by atoms with Gasteiger partial charge in [0.15, 0.2) is 5.79 Å². The van der Waals surface area contributed by atoms with E-state index in [0.717, 1.165) is 72.1 Å². The summed E-state index contributed by atoms with van der Waals surface area (Å²) in [5, 5.41) is 4.30. The maximum absolute atomic E-state index is 12.8. The van der Waals surface area contributed by atoms with Gasteiger partial charge in [-0.05, 0) is 92.8 Å². The Labute approximate surface area is 288 Å². The van der Waals surface area contributed by atoms with Crippen LogP contribution in [0.25, 0.3) is 5.69 Å². The van der Waals surface area contributed by atoms with E-state index in [-0.39, 0.29) is 17.8 Å². The molecule has 1 aromatic heterocycles. The molecule has 0 radical (unpaired) electrons. The van der Waals surface area contributed by atoms with Crippen LogP contribution in [0, 0.1) is 6.92 Å². The molecular formula is C38H47N7O4. The number of hydrogen-bond donors (Lipinski definition) is 2. The van der Waals surface area contributed by atoms with Gasteiger partial charge < -0.3 is 35.5 Å². The number of aromatic nitrogens is 3. The predicted molar refractivity (Wildman–Crippen MR) is 193 cm³/mol. The lowest BCUT2D eigenvalue weighted by atomic mass is 9.96. The summed E-state index contributed by atoms with van der Waals surface area (Å²) < 4.78 is 22.2. The molecule has 0 aliphatic carbocycles. The highest BCUT2D eigenvalue weighted by molar-refractivity contribution is 5.54. The van der Waals surface area contributed by atoms with Crippen LogP contribution in [0.2, 0.25) is 0 Å². The number of anilines is 2. The molecule has 6 rings (SSSR count). The van der Waals surface area contributed by atoms with Gasteiger partial charge >= 0.3 is 5.69 Å². The lowest BCUT2D eigenvalue weighted by molar-refractivity contribution is -0.178. The number of rotatable bonds is 12. The van der Waals surface area contributed by atoms with Crippen LogP contribution in [0.1, 0.15) is 43.9 Å². The first-order chi connectivity index (χ1) is 23.8. The molecule has 4 aromatic rings. The van der Waals surface area contributed by atoms with Crippen LogP contribution >= 0.6 is 0 Å². The third kappa shape index (κ3) is 7.53. The summed E-state index contributed by atoms with van der Waals surface area (Å²) in [5.41, 5.74) is 17.4. The first-order valence-corrected chi connectivity index (χ1v) is 17.0. The maximum Gasteiger partial charge on any atom is 0.350 e. The van der Waals surface area contributed by atoms with Crippen molar-refractivity contribution < 1.29 is 14.2 Å². The summed E-state index contributed by atoms with van der Waals surface area (Å²) in [6, 6.07) is 24.6. The molecule has 3 aromatic carbocycles. The van der Waals surface area contributed by atoms with Gasteiger partial charge in [-0.25, -0.2) is 14.0 Å². The second kappa shape index (κ2) is 15.0. The molecule has 2 saturated heterocycles. The lowest BCUT2D eigenvalue weighted by Gasteiger charge is -2.37. The quantitative estimate of drug-likeness (QED) is 0.201. The summed E-state index contributed by atoms with van der Waals surface area (Å²) in [6.07, 6.45) is 7.40. The number of aryl methyl sites for hydroxylation is 1. The lowest BCUT2D eigenvalue weighted by Crippen LogP contribution is -2.46. The molecule has 4 N–H and O–H groups in total. The molecule has 11 nitrogen and oxygen atoms in total. The molecule has 3 heterocycles.